The molecule has 2 rings (SSSR count). The van der Waals surface area contributed by atoms with E-state index >= 15 is 0 Å². The fraction of sp³-hybridized carbons (Fsp3) is 0.444. The van der Waals surface area contributed by atoms with Crippen LogP contribution in [0.4, 0.5) is 0 Å². The van der Waals surface area contributed by atoms with Crippen LogP contribution in [-0.4, -0.2) is 23.7 Å². The van der Waals surface area contributed by atoms with Crippen LogP contribution < -0.4 is 10.1 Å². The quantitative estimate of drug-likeness (QED) is 0.626. The van der Waals surface area contributed by atoms with Crippen molar-refractivity contribution in [2.75, 3.05) is 6.61 Å². The van der Waals surface area contributed by atoms with E-state index in [1.165, 1.54) is 18.6 Å². The summed E-state index contributed by atoms with van der Waals surface area (Å²) in [4.78, 5) is 12.3. The number of benzene rings is 1. The molecule has 0 radical (unpaired) electrons. The normalized spacial score (nSPS) is 15.6. The van der Waals surface area contributed by atoms with Gasteiger partial charge >= 0.3 is 0 Å². The van der Waals surface area contributed by atoms with Crippen molar-refractivity contribution in [1.82, 2.24) is 5.32 Å². The smallest absolute Gasteiger partial charge is 0.262 e. The predicted molar refractivity (Wildman–Crippen MR) is 92.9 cm³/mol. The first kappa shape index (κ1) is 18.2. The molecule has 1 saturated carbocycles. The van der Waals surface area contributed by atoms with Gasteiger partial charge in [0.05, 0.1) is 11.6 Å². The van der Waals surface area contributed by atoms with Gasteiger partial charge in [0.15, 0.2) is 11.5 Å². The van der Waals surface area contributed by atoms with Crippen molar-refractivity contribution in [1.29, 1.82) is 5.26 Å². The summed E-state index contributed by atoms with van der Waals surface area (Å²) in [5.74, 6) is -0.311. The minimum atomic E-state index is -0.383. The Bertz CT molecular complexity index is 674. The molecule has 0 aromatic heterocycles. The first-order chi connectivity index (χ1) is 11.5. The van der Waals surface area contributed by atoms with Crippen molar-refractivity contribution in [3.05, 3.63) is 28.3 Å². The number of rotatable bonds is 5. The molecule has 0 spiro atoms. The maximum absolute atomic E-state index is 12.3. The van der Waals surface area contributed by atoms with E-state index in [-0.39, 0.29) is 34.0 Å². The van der Waals surface area contributed by atoms with Gasteiger partial charge in [-0.05, 0) is 43.5 Å². The van der Waals surface area contributed by atoms with Crippen LogP contribution in [0.3, 0.4) is 0 Å². The van der Waals surface area contributed by atoms with Crippen molar-refractivity contribution < 1.29 is 14.6 Å². The molecule has 128 valence electrons. The minimum absolute atomic E-state index is 0.00442. The van der Waals surface area contributed by atoms with Gasteiger partial charge in [-0.15, -0.1) is 0 Å². The maximum Gasteiger partial charge on any atom is 0.262 e. The standard InChI is InChI=1S/C18H21ClN2O3/c1-2-24-16-10-12(9-15(19)17(16)22)8-13(11-20)18(23)21-14-6-4-3-5-7-14/h8-10,14,22H,2-7H2,1H3,(H,21,23)/b13-8+. The van der Waals surface area contributed by atoms with Crippen LogP contribution in [0.25, 0.3) is 6.08 Å². The number of hydrogen-bond donors (Lipinski definition) is 2. The molecule has 1 aromatic rings. The molecule has 2 N–H and O–H groups in total. The zero-order valence-electron chi connectivity index (χ0n) is 13.6. The zero-order chi connectivity index (χ0) is 17.5. The number of phenolic OH excluding ortho intramolecular Hbond substituents is 1. The van der Waals surface area contributed by atoms with E-state index < -0.39 is 0 Å². The van der Waals surface area contributed by atoms with Gasteiger partial charge in [0, 0.05) is 6.04 Å². The molecule has 0 heterocycles. The lowest BCUT2D eigenvalue weighted by molar-refractivity contribution is -0.117. The first-order valence-corrected chi connectivity index (χ1v) is 8.51. The molecule has 1 fully saturated rings. The second kappa shape index (κ2) is 8.60. The summed E-state index contributed by atoms with van der Waals surface area (Å²) in [6, 6.07) is 5.10. The number of halogens is 1. The molecule has 0 bridgehead atoms. The topological polar surface area (TPSA) is 82.3 Å². The van der Waals surface area contributed by atoms with Crippen LogP contribution in [0, 0.1) is 11.3 Å². The lowest BCUT2D eigenvalue weighted by Crippen LogP contribution is -2.36. The molecule has 0 aliphatic heterocycles. The molecule has 1 aromatic carbocycles. The molecule has 6 heteroatoms. The van der Waals surface area contributed by atoms with Gasteiger partial charge in [-0.3, -0.25) is 4.79 Å². The highest BCUT2D eigenvalue weighted by atomic mass is 35.5. The van der Waals surface area contributed by atoms with Gasteiger partial charge in [-0.2, -0.15) is 5.26 Å². The molecule has 24 heavy (non-hydrogen) atoms. The molecular weight excluding hydrogens is 328 g/mol. The molecule has 0 saturated heterocycles. The van der Waals surface area contributed by atoms with Gasteiger partial charge in [-0.1, -0.05) is 30.9 Å². The molecular formula is C18H21ClN2O3. The van der Waals surface area contributed by atoms with Crippen molar-refractivity contribution in [2.24, 2.45) is 0 Å². The minimum Gasteiger partial charge on any atom is -0.503 e. The molecule has 0 atom stereocenters. The Morgan fingerprint density at radius 2 is 2.17 bits per heavy atom. The van der Waals surface area contributed by atoms with Crippen LogP contribution in [0.5, 0.6) is 11.5 Å². The van der Waals surface area contributed by atoms with Crippen LogP contribution in [-0.2, 0) is 4.79 Å². The highest BCUT2D eigenvalue weighted by Crippen LogP contribution is 2.35. The fourth-order valence-electron chi connectivity index (χ4n) is 2.77. The summed E-state index contributed by atoms with van der Waals surface area (Å²) >= 11 is 5.97. The number of hydrogen-bond acceptors (Lipinski definition) is 4. The zero-order valence-corrected chi connectivity index (χ0v) is 14.4. The van der Waals surface area contributed by atoms with Crippen molar-refractivity contribution in [2.45, 2.75) is 45.1 Å². The van der Waals surface area contributed by atoms with Crippen LogP contribution in [0.1, 0.15) is 44.6 Å². The average molecular weight is 349 g/mol. The Balaban J connectivity index is 2.20. The molecule has 1 amide bonds. The summed E-state index contributed by atoms with van der Waals surface area (Å²) in [6.07, 6.45) is 6.74. The van der Waals surface area contributed by atoms with E-state index in [1.807, 2.05) is 6.07 Å². The lowest BCUT2D eigenvalue weighted by Gasteiger charge is -2.22. The van der Waals surface area contributed by atoms with E-state index in [4.69, 9.17) is 16.3 Å². The van der Waals surface area contributed by atoms with Crippen molar-refractivity contribution in [3.8, 4) is 17.6 Å². The van der Waals surface area contributed by atoms with E-state index in [2.05, 4.69) is 5.32 Å². The van der Waals surface area contributed by atoms with E-state index in [1.54, 1.807) is 13.0 Å². The van der Waals surface area contributed by atoms with Gasteiger partial charge in [-0.25, -0.2) is 0 Å². The number of nitrogens with zero attached hydrogens (tertiary/aromatic N) is 1. The molecule has 5 nitrogen and oxygen atoms in total. The van der Waals surface area contributed by atoms with Gasteiger partial charge in [0.25, 0.3) is 5.91 Å². The van der Waals surface area contributed by atoms with Gasteiger partial charge in [0.2, 0.25) is 0 Å². The number of phenols is 1. The lowest BCUT2D eigenvalue weighted by atomic mass is 9.95. The monoisotopic (exact) mass is 348 g/mol. The molecule has 0 unspecified atom stereocenters. The summed E-state index contributed by atoms with van der Waals surface area (Å²) in [5, 5.41) is 22.2. The van der Waals surface area contributed by atoms with E-state index in [0.717, 1.165) is 25.7 Å². The van der Waals surface area contributed by atoms with E-state index in [9.17, 15) is 15.2 Å². The number of ether oxygens (including phenoxy) is 1. The average Bonchev–Trinajstić information content (AvgIpc) is 2.58. The van der Waals surface area contributed by atoms with Gasteiger partial charge in [0.1, 0.15) is 11.6 Å². The first-order valence-electron chi connectivity index (χ1n) is 8.13. The Hall–Kier alpha value is -2.19. The SMILES string of the molecule is CCOc1cc(/C=C(\C#N)C(=O)NC2CCCCC2)cc(Cl)c1O. The van der Waals surface area contributed by atoms with Crippen LogP contribution >= 0.6 is 11.6 Å². The Kier molecular flexibility index (Phi) is 6.51. The summed E-state index contributed by atoms with van der Waals surface area (Å²) < 4.78 is 5.31. The van der Waals surface area contributed by atoms with Crippen LogP contribution in [0.15, 0.2) is 17.7 Å². The third-order valence-electron chi connectivity index (χ3n) is 3.97. The summed E-state index contributed by atoms with van der Waals surface area (Å²) in [5.41, 5.74) is 0.529. The summed E-state index contributed by atoms with van der Waals surface area (Å²) in [7, 11) is 0. The number of amides is 1. The third-order valence-corrected chi connectivity index (χ3v) is 4.26. The number of aromatic hydroxyl groups is 1. The third kappa shape index (κ3) is 4.65. The van der Waals surface area contributed by atoms with Crippen molar-refractivity contribution >= 4 is 23.6 Å². The summed E-state index contributed by atoms with van der Waals surface area (Å²) in [6.45, 7) is 2.15. The highest BCUT2D eigenvalue weighted by molar-refractivity contribution is 6.32. The number of carbonyl (C=O) groups is 1. The maximum atomic E-state index is 12.3. The largest absolute Gasteiger partial charge is 0.503 e. The van der Waals surface area contributed by atoms with Crippen LogP contribution in [0.2, 0.25) is 5.02 Å². The number of carbonyl (C=O) groups excluding carboxylic acids is 1. The highest BCUT2D eigenvalue weighted by Gasteiger charge is 2.18. The molecule has 1 aliphatic rings. The Labute approximate surface area is 146 Å². The van der Waals surface area contributed by atoms with Crippen molar-refractivity contribution in [3.63, 3.8) is 0 Å². The predicted octanol–water partition coefficient (Wildman–Crippen LogP) is 3.80. The Morgan fingerprint density at radius 1 is 1.46 bits per heavy atom. The van der Waals surface area contributed by atoms with E-state index in [0.29, 0.717) is 12.2 Å². The molecule has 1 aliphatic carbocycles. The second-order valence-electron chi connectivity index (χ2n) is 5.76. The Morgan fingerprint density at radius 3 is 2.79 bits per heavy atom. The number of nitriles is 1. The fourth-order valence-corrected chi connectivity index (χ4v) is 2.99. The number of nitrogens with one attached hydrogen (secondary N) is 1. The van der Waals surface area contributed by atoms with Gasteiger partial charge < -0.3 is 15.2 Å². The second-order valence-corrected chi connectivity index (χ2v) is 6.17.